The van der Waals surface area contributed by atoms with E-state index in [1.165, 1.54) is 0 Å². The summed E-state index contributed by atoms with van der Waals surface area (Å²) in [6.45, 7) is 2.09. The maximum absolute atomic E-state index is 13.2. The molecule has 1 saturated heterocycles. The van der Waals surface area contributed by atoms with Crippen molar-refractivity contribution in [3.05, 3.63) is 53.1 Å². The Kier molecular flexibility index (Phi) is 5.01. The second kappa shape index (κ2) is 7.30. The van der Waals surface area contributed by atoms with Crippen molar-refractivity contribution < 1.29 is 8.42 Å². The Labute approximate surface area is 167 Å². The minimum atomic E-state index is -3.61. The summed E-state index contributed by atoms with van der Waals surface area (Å²) in [5.74, 6) is 0. The van der Waals surface area contributed by atoms with E-state index >= 15 is 0 Å². The predicted octanol–water partition coefficient (Wildman–Crippen LogP) is 4.27. The molecule has 0 atom stereocenters. The molecule has 1 fully saturated rings. The quantitative estimate of drug-likeness (QED) is 0.626. The summed E-state index contributed by atoms with van der Waals surface area (Å²) >= 11 is 3.55. The summed E-state index contributed by atoms with van der Waals surface area (Å²) in [6, 6.07) is 13.0. The fraction of sp³-hybridized carbons (Fsp3) is 0.300. The summed E-state index contributed by atoms with van der Waals surface area (Å²) in [4.78, 5) is 5.97. The van der Waals surface area contributed by atoms with Crippen molar-refractivity contribution in [1.82, 2.24) is 9.88 Å². The van der Waals surface area contributed by atoms with Gasteiger partial charge in [0.05, 0.1) is 9.79 Å². The number of benzene rings is 2. The van der Waals surface area contributed by atoms with Crippen molar-refractivity contribution in [2.24, 2.45) is 0 Å². The second-order valence-corrected chi connectivity index (χ2v) is 9.84. The lowest BCUT2D eigenvalue weighted by molar-refractivity contribution is 0.264. The molecular formula is C20H22BrN3O2S. The van der Waals surface area contributed by atoms with Gasteiger partial charge in [0.15, 0.2) is 0 Å². The van der Waals surface area contributed by atoms with Crippen LogP contribution >= 0.6 is 15.9 Å². The average Bonchev–Trinajstić information content (AvgIpc) is 3.10. The Bertz CT molecular complexity index is 1070. The number of rotatable bonds is 4. The number of hydrogen-bond acceptors (Lipinski definition) is 4. The zero-order valence-corrected chi connectivity index (χ0v) is 17.5. The van der Waals surface area contributed by atoms with Crippen LogP contribution < -0.4 is 5.32 Å². The minimum absolute atomic E-state index is 0.297. The number of anilines is 1. The molecule has 0 bridgehead atoms. The molecule has 142 valence electrons. The van der Waals surface area contributed by atoms with E-state index in [0.717, 1.165) is 41.6 Å². The molecule has 3 aromatic rings. The summed E-state index contributed by atoms with van der Waals surface area (Å²) in [6.07, 6.45) is 3.66. The van der Waals surface area contributed by atoms with Crippen LogP contribution in [0.15, 0.2) is 62.9 Å². The lowest BCUT2D eigenvalue weighted by atomic mass is 10.1. The van der Waals surface area contributed by atoms with E-state index in [4.69, 9.17) is 0 Å². The lowest BCUT2D eigenvalue weighted by Gasteiger charge is -2.30. The molecule has 27 heavy (non-hydrogen) atoms. The monoisotopic (exact) mass is 447 g/mol. The van der Waals surface area contributed by atoms with Gasteiger partial charge >= 0.3 is 0 Å². The number of hydrogen-bond donors (Lipinski definition) is 2. The summed E-state index contributed by atoms with van der Waals surface area (Å²) in [5, 5.41) is 4.23. The fourth-order valence-corrected chi connectivity index (χ4v) is 5.37. The molecule has 4 rings (SSSR count). The molecule has 5 nitrogen and oxygen atoms in total. The third-order valence-electron chi connectivity index (χ3n) is 5.17. The van der Waals surface area contributed by atoms with Gasteiger partial charge in [0, 0.05) is 33.3 Å². The predicted molar refractivity (Wildman–Crippen MR) is 112 cm³/mol. The Morgan fingerprint density at radius 3 is 2.67 bits per heavy atom. The van der Waals surface area contributed by atoms with Gasteiger partial charge in [-0.15, -0.1) is 0 Å². The van der Waals surface area contributed by atoms with E-state index < -0.39 is 9.84 Å². The Morgan fingerprint density at radius 1 is 1.15 bits per heavy atom. The minimum Gasteiger partial charge on any atom is -0.381 e. The Balaban J connectivity index is 1.67. The van der Waals surface area contributed by atoms with Gasteiger partial charge in [-0.3, -0.25) is 0 Å². The van der Waals surface area contributed by atoms with Crippen molar-refractivity contribution in [3.8, 4) is 0 Å². The largest absolute Gasteiger partial charge is 0.381 e. The SMILES string of the molecule is CN1CCC(Nc2cc(S(=O)(=O)c3c[nH]c4ccccc34)ccc2Br)CC1. The number of H-pyrrole nitrogens is 1. The van der Waals surface area contributed by atoms with Gasteiger partial charge in [0.2, 0.25) is 9.84 Å². The van der Waals surface area contributed by atoms with Crippen LogP contribution in [0.4, 0.5) is 5.69 Å². The second-order valence-electron chi connectivity index (χ2n) is 7.07. The zero-order chi connectivity index (χ0) is 19.0. The van der Waals surface area contributed by atoms with Crippen LogP contribution in [0.2, 0.25) is 0 Å². The van der Waals surface area contributed by atoms with Gasteiger partial charge < -0.3 is 15.2 Å². The number of fused-ring (bicyclic) bond motifs is 1. The van der Waals surface area contributed by atoms with Crippen LogP contribution in [0.5, 0.6) is 0 Å². The van der Waals surface area contributed by atoms with Crippen molar-refractivity contribution in [2.45, 2.75) is 28.7 Å². The number of nitrogens with one attached hydrogen (secondary N) is 2. The molecular weight excluding hydrogens is 426 g/mol. The molecule has 1 aliphatic heterocycles. The zero-order valence-electron chi connectivity index (χ0n) is 15.1. The van der Waals surface area contributed by atoms with Gasteiger partial charge in [0.1, 0.15) is 0 Å². The van der Waals surface area contributed by atoms with Crippen molar-refractivity contribution in [2.75, 3.05) is 25.5 Å². The number of likely N-dealkylation sites (tertiary alicyclic amines) is 1. The molecule has 1 aromatic heterocycles. The third-order valence-corrected chi connectivity index (χ3v) is 7.65. The van der Waals surface area contributed by atoms with Gasteiger partial charge in [-0.1, -0.05) is 18.2 Å². The number of halogens is 1. The highest BCUT2D eigenvalue weighted by atomic mass is 79.9. The molecule has 2 heterocycles. The van der Waals surface area contributed by atoms with Crippen LogP contribution in [-0.2, 0) is 9.84 Å². The fourth-order valence-electron chi connectivity index (χ4n) is 3.55. The van der Waals surface area contributed by atoms with Gasteiger partial charge in [-0.25, -0.2) is 8.42 Å². The first-order valence-corrected chi connectivity index (χ1v) is 11.3. The first-order chi connectivity index (χ1) is 12.9. The van der Waals surface area contributed by atoms with Crippen LogP contribution in [0.25, 0.3) is 10.9 Å². The highest BCUT2D eigenvalue weighted by Crippen LogP contribution is 2.33. The highest BCUT2D eigenvalue weighted by Gasteiger charge is 2.23. The molecule has 1 aliphatic rings. The van der Waals surface area contributed by atoms with Gasteiger partial charge in [0.25, 0.3) is 0 Å². The van der Waals surface area contributed by atoms with Crippen molar-refractivity contribution in [3.63, 3.8) is 0 Å². The number of aromatic nitrogens is 1. The molecule has 0 amide bonds. The number of aromatic amines is 1. The van der Waals surface area contributed by atoms with E-state index in [9.17, 15) is 8.42 Å². The number of piperidine rings is 1. The molecule has 2 aromatic carbocycles. The topological polar surface area (TPSA) is 65.2 Å². The molecule has 0 radical (unpaired) electrons. The molecule has 7 heteroatoms. The van der Waals surface area contributed by atoms with Crippen LogP contribution in [0, 0.1) is 0 Å². The van der Waals surface area contributed by atoms with E-state index in [2.05, 4.69) is 38.2 Å². The summed E-state index contributed by atoms with van der Waals surface area (Å²) < 4.78 is 27.4. The molecule has 0 unspecified atom stereocenters. The first-order valence-electron chi connectivity index (χ1n) is 9.01. The van der Waals surface area contributed by atoms with E-state index in [-0.39, 0.29) is 0 Å². The number of para-hydroxylation sites is 1. The van der Waals surface area contributed by atoms with Crippen LogP contribution in [-0.4, -0.2) is 44.5 Å². The third kappa shape index (κ3) is 3.63. The smallest absolute Gasteiger partial charge is 0.208 e. The lowest BCUT2D eigenvalue weighted by Crippen LogP contribution is -2.36. The molecule has 0 spiro atoms. The van der Waals surface area contributed by atoms with Crippen LogP contribution in [0.3, 0.4) is 0 Å². The molecule has 0 aliphatic carbocycles. The van der Waals surface area contributed by atoms with Gasteiger partial charge in [-0.05, 0) is 73.2 Å². The summed E-state index contributed by atoms with van der Waals surface area (Å²) in [7, 11) is -1.49. The first kappa shape index (κ1) is 18.5. The van der Waals surface area contributed by atoms with Gasteiger partial charge in [-0.2, -0.15) is 0 Å². The van der Waals surface area contributed by atoms with E-state index in [1.54, 1.807) is 24.4 Å². The standard InChI is InChI=1S/C20H22BrN3O2S/c1-24-10-8-14(9-11-24)23-19-12-15(6-7-17(19)21)27(25,26)20-13-22-18-5-3-2-4-16(18)20/h2-7,12-14,22-23H,8-11H2,1H3. The Hall–Kier alpha value is -1.83. The average molecular weight is 448 g/mol. The van der Waals surface area contributed by atoms with Crippen LogP contribution in [0.1, 0.15) is 12.8 Å². The maximum atomic E-state index is 13.2. The van der Waals surface area contributed by atoms with Crippen molar-refractivity contribution >= 4 is 42.4 Å². The van der Waals surface area contributed by atoms with E-state index in [1.807, 2.05) is 24.3 Å². The number of nitrogens with zero attached hydrogens (tertiary/aromatic N) is 1. The van der Waals surface area contributed by atoms with Crippen molar-refractivity contribution in [1.29, 1.82) is 0 Å². The normalized spacial score (nSPS) is 16.7. The summed E-state index contributed by atoms with van der Waals surface area (Å²) in [5.41, 5.74) is 1.64. The number of sulfone groups is 1. The Morgan fingerprint density at radius 2 is 1.89 bits per heavy atom. The highest BCUT2D eigenvalue weighted by molar-refractivity contribution is 9.10. The molecule has 0 saturated carbocycles. The van der Waals surface area contributed by atoms with E-state index in [0.29, 0.717) is 21.2 Å². The molecule has 2 N–H and O–H groups in total. The maximum Gasteiger partial charge on any atom is 0.208 e.